The Morgan fingerprint density at radius 2 is 1.59 bits per heavy atom. The summed E-state index contributed by atoms with van der Waals surface area (Å²) in [5.41, 5.74) is -1.36. The van der Waals surface area contributed by atoms with Gasteiger partial charge in [-0.1, -0.05) is 94.1 Å². The van der Waals surface area contributed by atoms with Crippen molar-refractivity contribution in [3.8, 4) is 0 Å². The first kappa shape index (κ1) is 42.7. The van der Waals surface area contributed by atoms with Crippen LogP contribution < -0.4 is 37.0 Å². The molecule has 0 radical (unpaired) electrons. The third-order valence-corrected chi connectivity index (χ3v) is 12.1. The molecule has 54 heavy (non-hydrogen) atoms. The molecule has 1 aromatic carbocycles. The second kappa shape index (κ2) is 16.4. The first-order chi connectivity index (χ1) is 25.1. The molecule has 4 rings (SSSR count). The number of fused-ring (bicyclic) bond motifs is 1. The van der Waals surface area contributed by atoms with Gasteiger partial charge < -0.3 is 31.1 Å². The van der Waals surface area contributed by atoms with E-state index >= 15 is 0 Å². The number of carbonyl (C=O) groups is 5. The number of Topliss-reactive ketones (excluding diaryl/α,β-unsaturated/α-hetero) is 1. The van der Waals surface area contributed by atoms with Crippen LogP contribution in [0, 0.1) is 28.6 Å². The number of ketones is 1. The third kappa shape index (κ3) is 8.91. The van der Waals surface area contributed by atoms with Crippen LogP contribution in [0.2, 0.25) is 0 Å². The number of piperidine rings is 1. The third-order valence-electron chi connectivity index (χ3n) is 12.1. The van der Waals surface area contributed by atoms with Gasteiger partial charge >= 0.3 is 6.03 Å². The van der Waals surface area contributed by atoms with Crippen LogP contribution >= 0.6 is 0 Å². The maximum atomic E-state index is 14.7. The predicted molar refractivity (Wildman–Crippen MR) is 210 cm³/mol. The van der Waals surface area contributed by atoms with Gasteiger partial charge in [-0.25, -0.2) is 4.79 Å². The Morgan fingerprint density at radius 3 is 2.15 bits per heavy atom. The molecule has 1 unspecified atom stereocenters. The molecule has 1 aliphatic heterocycles. The van der Waals surface area contributed by atoms with Crippen LogP contribution in [0.25, 0.3) is 0 Å². The highest BCUT2D eigenvalue weighted by Gasteiger charge is 2.69. The summed E-state index contributed by atoms with van der Waals surface area (Å²) >= 11 is 0. The maximum absolute atomic E-state index is 14.7. The van der Waals surface area contributed by atoms with E-state index < -0.39 is 69.5 Å². The lowest BCUT2D eigenvalue weighted by Crippen LogP contribution is -2.62. The van der Waals surface area contributed by atoms with Crippen LogP contribution in [0.3, 0.4) is 0 Å². The van der Waals surface area contributed by atoms with Gasteiger partial charge in [0.2, 0.25) is 28.5 Å². The Hall–Kier alpha value is -4.03. The highest BCUT2D eigenvalue weighted by molar-refractivity contribution is 6.38. The van der Waals surface area contributed by atoms with Gasteiger partial charge in [-0.05, 0) is 53.3 Å². The number of hydrogen-bond donors (Lipinski definition) is 4. The second-order valence-corrected chi connectivity index (χ2v) is 18.5. The SMILES string of the molecule is C=CCNC(=O)C(=O)C(CCC)NC(=O)[C@@H]1[C@@H]2[C@H](CN1C(=O)[C@@H](NC(=O)N[C@H](CN(C)c1c(C(C)(C)C)c(=O)c1=O)C(C)(C)C)C1CCCCC1)C2(C)C. The van der Waals surface area contributed by atoms with E-state index in [1.54, 1.807) is 16.8 Å². The summed E-state index contributed by atoms with van der Waals surface area (Å²) < 4.78 is 0. The molecule has 300 valence electrons. The monoisotopic (exact) mass is 752 g/mol. The van der Waals surface area contributed by atoms with E-state index in [4.69, 9.17) is 0 Å². The standard InChI is InChI=1S/C41H64N6O7/c1-12-17-25(32(48)36(52)42-20-13-2)43-35(51)31-27-24(41(27,9)10)21-47(31)37(53)29(23-18-15-14-16-19-23)45-38(54)44-26(39(3,4)5)22-46(11)30-28(40(6,7)8)33(49)34(30)50/h13,23-27,29,31H,2,12,14-22H2,1,3-11H3,(H,42,52)(H,43,51)(H2,44,45,54)/t24-,25?,26+,27-,29-,31-/m0/s1. The summed E-state index contributed by atoms with van der Waals surface area (Å²) in [5.74, 6) is -2.55. The number of anilines is 1. The normalized spacial score (nSPS) is 22.7. The Bertz CT molecular complexity index is 1670. The Kier molecular flexibility index (Phi) is 12.9. The van der Waals surface area contributed by atoms with E-state index in [1.807, 2.05) is 48.5 Å². The molecule has 1 heterocycles. The number of likely N-dealkylation sites (tertiary alicyclic amines) is 1. The Labute approximate surface area is 320 Å². The van der Waals surface area contributed by atoms with Crippen molar-refractivity contribution in [3.63, 3.8) is 0 Å². The highest BCUT2D eigenvalue weighted by Crippen LogP contribution is 2.65. The zero-order valence-corrected chi connectivity index (χ0v) is 34.1. The smallest absolute Gasteiger partial charge is 0.315 e. The zero-order chi connectivity index (χ0) is 40.5. The molecular formula is C41H64N6O7. The summed E-state index contributed by atoms with van der Waals surface area (Å²) in [4.78, 5) is 97.1. The van der Waals surface area contributed by atoms with Crippen LogP contribution in [0.1, 0.15) is 113 Å². The van der Waals surface area contributed by atoms with E-state index in [9.17, 15) is 33.6 Å². The first-order valence-electron chi connectivity index (χ1n) is 19.7. The average molecular weight is 753 g/mol. The van der Waals surface area contributed by atoms with Gasteiger partial charge in [-0.3, -0.25) is 28.8 Å². The molecule has 1 saturated heterocycles. The van der Waals surface area contributed by atoms with Crippen molar-refractivity contribution in [1.82, 2.24) is 26.2 Å². The van der Waals surface area contributed by atoms with Gasteiger partial charge in [-0.15, -0.1) is 6.58 Å². The molecule has 13 heteroatoms. The minimum absolute atomic E-state index is 0.0726. The van der Waals surface area contributed by atoms with Crippen molar-refractivity contribution in [2.75, 3.05) is 31.6 Å². The van der Waals surface area contributed by atoms with E-state index in [0.29, 0.717) is 24.2 Å². The fraction of sp³-hybridized carbons (Fsp3) is 0.732. The van der Waals surface area contributed by atoms with Crippen molar-refractivity contribution in [2.24, 2.45) is 28.6 Å². The first-order valence-corrected chi connectivity index (χ1v) is 19.7. The van der Waals surface area contributed by atoms with E-state index in [-0.39, 0.29) is 48.6 Å². The quantitative estimate of drug-likeness (QED) is 0.156. The molecule has 13 nitrogen and oxygen atoms in total. The molecule has 0 aromatic heterocycles. The van der Waals surface area contributed by atoms with Gasteiger partial charge in [0.25, 0.3) is 5.91 Å². The summed E-state index contributed by atoms with van der Waals surface area (Å²) in [6.07, 6.45) is 6.65. The molecular weight excluding hydrogens is 688 g/mol. The van der Waals surface area contributed by atoms with E-state index in [0.717, 1.165) is 32.1 Å². The lowest BCUT2D eigenvalue weighted by atomic mass is 9.81. The second-order valence-electron chi connectivity index (χ2n) is 18.5. The molecule has 1 aromatic rings. The Balaban J connectivity index is 1.57. The number of hydrogen-bond acceptors (Lipinski definition) is 8. The molecule has 0 spiro atoms. The fourth-order valence-corrected chi connectivity index (χ4v) is 8.75. The van der Waals surface area contributed by atoms with E-state index in [1.165, 1.54) is 6.08 Å². The van der Waals surface area contributed by atoms with Crippen molar-refractivity contribution in [3.05, 3.63) is 38.7 Å². The molecule has 4 N–H and O–H groups in total. The number of amides is 5. The van der Waals surface area contributed by atoms with Gasteiger partial charge in [0.15, 0.2) is 0 Å². The summed E-state index contributed by atoms with van der Waals surface area (Å²) in [6.45, 7) is 21.9. The molecule has 3 aliphatic rings. The number of carbonyl (C=O) groups excluding carboxylic acids is 5. The van der Waals surface area contributed by atoms with Gasteiger partial charge in [0, 0.05) is 32.2 Å². The highest BCUT2D eigenvalue weighted by atomic mass is 16.2. The summed E-state index contributed by atoms with van der Waals surface area (Å²) in [6, 6.07) is -3.80. The lowest BCUT2D eigenvalue weighted by Gasteiger charge is -2.39. The van der Waals surface area contributed by atoms with Gasteiger partial charge in [0.1, 0.15) is 12.1 Å². The largest absolute Gasteiger partial charge is 0.369 e. The van der Waals surface area contributed by atoms with Crippen molar-refractivity contribution >= 4 is 35.2 Å². The van der Waals surface area contributed by atoms with Crippen LogP contribution in [0.5, 0.6) is 0 Å². The summed E-state index contributed by atoms with van der Waals surface area (Å²) in [5, 5.41) is 11.4. The van der Waals surface area contributed by atoms with Crippen LogP contribution in [-0.2, 0) is 24.6 Å². The minimum Gasteiger partial charge on any atom is -0.369 e. The number of nitrogens with zero attached hydrogens (tertiary/aromatic N) is 2. The number of nitrogens with one attached hydrogen (secondary N) is 4. The van der Waals surface area contributed by atoms with Crippen LogP contribution in [0.15, 0.2) is 22.2 Å². The number of likely N-dealkylation sites (N-methyl/N-ethyl adjacent to an activating group) is 1. The van der Waals surface area contributed by atoms with Gasteiger partial charge in [0.05, 0.1) is 17.8 Å². The van der Waals surface area contributed by atoms with Crippen LogP contribution in [-0.4, -0.2) is 85.3 Å². The Morgan fingerprint density at radius 1 is 0.963 bits per heavy atom. The fourth-order valence-electron chi connectivity index (χ4n) is 8.75. The van der Waals surface area contributed by atoms with Crippen LogP contribution in [0.4, 0.5) is 10.5 Å². The summed E-state index contributed by atoms with van der Waals surface area (Å²) in [7, 11) is 1.75. The molecule has 5 amide bonds. The maximum Gasteiger partial charge on any atom is 0.315 e. The van der Waals surface area contributed by atoms with Gasteiger partial charge in [-0.2, -0.15) is 0 Å². The van der Waals surface area contributed by atoms with Crippen molar-refractivity contribution in [1.29, 1.82) is 0 Å². The molecule has 2 saturated carbocycles. The number of rotatable bonds is 15. The predicted octanol–water partition coefficient (Wildman–Crippen LogP) is 3.32. The molecule has 3 fully saturated rings. The van der Waals surface area contributed by atoms with E-state index in [2.05, 4.69) is 41.7 Å². The molecule has 6 atom stereocenters. The topological polar surface area (TPSA) is 174 Å². The number of urea groups is 1. The minimum atomic E-state index is -1.04. The van der Waals surface area contributed by atoms with Crippen molar-refractivity contribution in [2.45, 2.75) is 137 Å². The lowest BCUT2D eigenvalue weighted by molar-refractivity contribution is -0.144. The molecule has 2 aliphatic carbocycles. The average Bonchev–Trinajstić information content (AvgIpc) is 3.39. The zero-order valence-electron chi connectivity index (χ0n) is 34.1. The molecule has 0 bridgehead atoms. The van der Waals surface area contributed by atoms with Crippen molar-refractivity contribution < 1.29 is 24.0 Å².